The fourth-order valence-corrected chi connectivity index (χ4v) is 7.23. The summed E-state index contributed by atoms with van der Waals surface area (Å²) in [6, 6.07) is 5.78. The molecule has 0 aliphatic carbocycles. The Labute approximate surface area is 163 Å². The molecule has 152 valence electrons. The first-order valence-electron chi connectivity index (χ1n) is 9.89. The van der Waals surface area contributed by atoms with E-state index in [0.717, 1.165) is 38.5 Å². The van der Waals surface area contributed by atoms with E-state index < -0.39 is 20.0 Å². The average Bonchev–Trinajstić information content (AvgIpc) is 2.68. The summed E-state index contributed by atoms with van der Waals surface area (Å²) in [5.74, 6) is 0.542. The molecule has 2 aliphatic heterocycles. The maximum absolute atomic E-state index is 13.0. The quantitative estimate of drug-likeness (QED) is 0.742. The van der Waals surface area contributed by atoms with Gasteiger partial charge in [-0.1, -0.05) is 20.3 Å². The van der Waals surface area contributed by atoms with Gasteiger partial charge in [0.05, 0.1) is 9.79 Å². The molecule has 0 radical (unpaired) electrons. The van der Waals surface area contributed by atoms with E-state index in [4.69, 9.17) is 0 Å². The first kappa shape index (κ1) is 20.8. The van der Waals surface area contributed by atoms with Gasteiger partial charge in [0.25, 0.3) is 0 Å². The van der Waals surface area contributed by atoms with Crippen LogP contribution >= 0.6 is 0 Å². The van der Waals surface area contributed by atoms with E-state index in [1.165, 1.54) is 28.6 Å². The normalized spacial score (nSPS) is 24.1. The van der Waals surface area contributed by atoms with Crippen molar-refractivity contribution in [2.75, 3.05) is 19.6 Å². The third-order valence-corrected chi connectivity index (χ3v) is 9.73. The third kappa shape index (κ3) is 4.23. The van der Waals surface area contributed by atoms with Crippen molar-refractivity contribution in [1.29, 1.82) is 0 Å². The highest BCUT2D eigenvalue weighted by atomic mass is 32.2. The molecule has 2 aliphatic rings. The van der Waals surface area contributed by atoms with Crippen LogP contribution in [-0.4, -0.2) is 51.1 Å². The number of rotatable bonds is 5. The summed E-state index contributed by atoms with van der Waals surface area (Å²) < 4.78 is 54.8. The van der Waals surface area contributed by atoms with Crippen molar-refractivity contribution in [2.45, 2.75) is 68.2 Å². The number of hydrogen-bond donors (Lipinski definition) is 0. The average molecular weight is 415 g/mol. The lowest BCUT2D eigenvalue weighted by Crippen LogP contribution is -2.43. The lowest BCUT2D eigenvalue weighted by Gasteiger charge is -2.34. The minimum atomic E-state index is -3.59. The highest BCUT2D eigenvalue weighted by molar-refractivity contribution is 7.89. The molecule has 8 heteroatoms. The first-order chi connectivity index (χ1) is 12.8. The Morgan fingerprint density at radius 2 is 1.41 bits per heavy atom. The second-order valence-electron chi connectivity index (χ2n) is 7.73. The van der Waals surface area contributed by atoms with E-state index >= 15 is 0 Å². The van der Waals surface area contributed by atoms with Gasteiger partial charge >= 0.3 is 0 Å². The highest BCUT2D eigenvalue weighted by Crippen LogP contribution is 2.29. The minimum absolute atomic E-state index is 0.0301. The van der Waals surface area contributed by atoms with Crippen molar-refractivity contribution >= 4 is 20.0 Å². The SMILES string of the molecule is CC[C@H]1CCCCN1S(=O)(=O)c1ccc(S(=O)(=O)N2CCC(C)CC2)cc1. The van der Waals surface area contributed by atoms with Crippen LogP contribution in [0, 0.1) is 5.92 Å². The van der Waals surface area contributed by atoms with Crippen molar-refractivity contribution in [1.82, 2.24) is 8.61 Å². The highest BCUT2D eigenvalue weighted by Gasteiger charge is 2.33. The van der Waals surface area contributed by atoms with Crippen molar-refractivity contribution < 1.29 is 16.8 Å². The molecule has 6 nitrogen and oxygen atoms in total. The van der Waals surface area contributed by atoms with Crippen LogP contribution in [0.25, 0.3) is 0 Å². The summed E-state index contributed by atoms with van der Waals surface area (Å²) in [4.78, 5) is 0.343. The predicted molar refractivity (Wildman–Crippen MR) is 105 cm³/mol. The Hall–Kier alpha value is -0.960. The summed E-state index contributed by atoms with van der Waals surface area (Å²) >= 11 is 0. The van der Waals surface area contributed by atoms with Gasteiger partial charge in [0.2, 0.25) is 20.0 Å². The maximum Gasteiger partial charge on any atom is 0.243 e. The zero-order valence-corrected chi connectivity index (χ0v) is 17.8. The Balaban J connectivity index is 1.82. The summed E-state index contributed by atoms with van der Waals surface area (Å²) in [6.07, 6.45) is 5.32. The van der Waals surface area contributed by atoms with Crippen LogP contribution in [0.2, 0.25) is 0 Å². The van der Waals surface area contributed by atoms with Gasteiger partial charge in [0.15, 0.2) is 0 Å². The molecule has 1 aromatic rings. The standard InChI is InChI=1S/C19H30N2O4S2/c1-3-17-6-4-5-13-21(17)27(24,25)19-9-7-18(8-10-19)26(22,23)20-14-11-16(2)12-15-20/h7-10,16-17H,3-6,11-15H2,1-2H3/t17-/m0/s1. The van der Waals surface area contributed by atoms with Gasteiger partial charge in [-0.2, -0.15) is 8.61 Å². The Kier molecular flexibility index (Phi) is 6.30. The van der Waals surface area contributed by atoms with Crippen LogP contribution in [0.4, 0.5) is 0 Å². The van der Waals surface area contributed by atoms with E-state index in [0.29, 0.717) is 25.6 Å². The number of nitrogens with zero attached hydrogens (tertiary/aromatic N) is 2. The molecular weight excluding hydrogens is 384 g/mol. The fraction of sp³-hybridized carbons (Fsp3) is 0.684. The lowest BCUT2D eigenvalue weighted by atomic mass is 10.0. The second-order valence-corrected chi connectivity index (χ2v) is 11.6. The van der Waals surface area contributed by atoms with Crippen molar-refractivity contribution in [3.8, 4) is 0 Å². The molecule has 27 heavy (non-hydrogen) atoms. The van der Waals surface area contributed by atoms with Gasteiger partial charge in [-0.15, -0.1) is 0 Å². The third-order valence-electron chi connectivity index (χ3n) is 5.86. The van der Waals surface area contributed by atoms with Gasteiger partial charge < -0.3 is 0 Å². The number of hydrogen-bond acceptors (Lipinski definition) is 4. The molecule has 0 aromatic heterocycles. The van der Waals surface area contributed by atoms with Crippen LogP contribution in [-0.2, 0) is 20.0 Å². The zero-order chi connectivity index (χ0) is 19.7. The van der Waals surface area contributed by atoms with Crippen molar-refractivity contribution in [2.24, 2.45) is 5.92 Å². The Bertz CT molecular complexity index is 842. The van der Waals surface area contributed by atoms with E-state index in [1.807, 2.05) is 6.92 Å². The molecule has 2 heterocycles. The Morgan fingerprint density at radius 1 is 0.852 bits per heavy atom. The van der Waals surface area contributed by atoms with Crippen molar-refractivity contribution in [3.63, 3.8) is 0 Å². The molecule has 3 rings (SSSR count). The number of sulfonamides is 2. The van der Waals surface area contributed by atoms with E-state index in [-0.39, 0.29) is 15.8 Å². The second kappa shape index (κ2) is 8.19. The van der Waals surface area contributed by atoms with Gasteiger partial charge in [-0.3, -0.25) is 0 Å². The molecule has 0 amide bonds. The van der Waals surface area contributed by atoms with Crippen molar-refractivity contribution in [3.05, 3.63) is 24.3 Å². The van der Waals surface area contributed by atoms with Crippen LogP contribution in [0.15, 0.2) is 34.1 Å². The largest absolute Gasteiger partial charge is 0.243 e. The topological polar surface area (TPSA) is 74.8 Å². The summed E-state index contributed by atoms with van der Waals surface area (Å²) in [7, 11) is -7.16. The van der Waals surface area contributed by atoms with Gasteiger partial charge in [0.1, 0.15) is 0 Å². The van der Waals surface area contributed by atoms with Gasteiger partial charge in [0, 0.05) is 25.7 Å². The molecule has 1 atom stereocenters. The van der Waals surface area contributed by atoms with Crippen LogP contribution < -0.4 is 0 Å². The van der Waals surface area contributed by atoms with E-state index in [9.17, 15) is 16.8 Å². The van der Waals surface area contributed by atoms with Crippen LogP contribution in [0.3, 0.4) is 0 Å². The molecule has 0 bridgehead atoms. The number of piperidine rings is 2. The molecule has 2 fully saturated rings. The maximum atomic E-state index is 13.0. The lowest BCUT2D eigenvalue weighted by molar-refractivity contribution is 0.246. The van der Waals surface area contributed by atoms with Gasteiger partial charge in [-0.25, -0.2) is 16.8 Å². The van der Waals surface area contributed by atoms with E-state index in [1.54, 1.807) is 4.31 Å². The summed E-state index contributed by atoms with van der Waals surface area (Å²) in [5, 5.41) is 0. The van der Waals surface area contributed by atoms with Crippen LogP contribution in [0.5, 0.6) is 0 Å². The smallest absolute Gasteiger partial charge is 0.207 e. The molecule has 1 aromatic carbocycles. The molecule has 0 unspecified atom stereocenters. The summed E-state index contributed by atoms with van der Waals surface area (Å²) in [6.45, 7) is 5.72. The monoisotopic (exact) mass is 414 g/mol. The first-order valence-corrected chi connectivity index (χ1v) is 12.8. The summed E-state index contributed by atoms with van der Waals surface area (Å²) in [5.41, 5.74) is 0. The molecule has 2 saturated heterocycles. The molecular formula is C19H30N2O4S2. The van der Waals surface area contributed by atoms with E-state index in [2.05, 4.69) is 6.92 Å². The number of benzene rings is 1. The Morgan fingerprint density at radius 3 is 1.96 bits per heavy atom. The predicted octanol–water partition coefficient (Wildman–Crippen LogP) is 3.06. The fourth-order valence-electron chi connectivity index (χ4n) is 3.99. The molecule has 0 saturated carbocycles. The molecule has 0 N–H and O–H groups in total. The van der Waals surface area contributed by atoms with Crippen LogP contribution in [0.1, 0.15) is 52.4 Å². The molecule has 0 spiro atoms. The minimum Gasteiger partial charge on any atom is -0.207 e. The van der Waals surface area contributed by atoms with Gasteiger partial charge in [-0.05, 0) is 62.3 Å². The zero-order valence-electron chi connectivity index (χ0n) is 16.2.